The minimum absolute atomic E-state index is 1.27. The van der Waals surface area contributed by atoms with E-state index in [1.807, 2.05) is 0 Å². The number of benzene rings is 8. The average molecular weight is 579 g/mol. The first-order chi connectivity index (χ1) is 22.8. The van der Waals surface area contributed by atoms with Crippen molar-refractivity contribution in [1.29, 1.82) is 0 Å². The molecule has 0 spiro atoms. The molecule has 0 bridgehead atoms. The van der Waals surface area contributed by atoms with E-state index in [0.717, 1.165) is 0 Å². The Hall–Kier alpha value is -5.98. The number of allylic oxidation sites excluding steroid dienone is 2. The third kappa shape index (κ3) is 3.04. The lowest BCUT2D eigenvalue weighted by Gasteiger charge is -2.18. The first kappa shape index (κ1) is 24.4. The van der Waals surface area contributed by atoms with Gasteiger partial charge >= 0.3 is 0 Å². The molecule has 0 nitrogen and oxygen atoms in total. The molecule has 0 unspecified atom stereocenters. The summed E-state index contributed by atoms with van der Waals surface area (Å²) in [6.07, 6.45) is 4.52. The van der Waals surface area contributed by atoms with Gasteiger partial charge in [-0.05, 0) is 110 Å². The number of rotatable bonds is 2. The van der Waals surface area contributed by atoms with Gasteiger partial charge in [0.15, 0.2) is 0 Å². The number of fused-ring (bicyclic) bond motifs is 10. The predicted octanol–water partition coefficient (Wildman–Crippen LogP) is 12.0. The van der Waals surface area contributed by atoms with Crippen molar-refractivity contribution in [2.45, 2.75) is 0 Å². The fraction of sp³-hybridized carbons (Fsp3) is 0. The largest absolute Gasteiger partial charge is 0.0616 e. The Labute approximate surface area is 266 Å². The molecule has 0 heterocycles. The third-order valence-electron chi connectivity index (χ3n) is 10.5. The van der Waals surface area contributed by atoms with Crippen molar-refractivity contribution in [2.24, 2.45) is 0 Å². The molecule has 0 atom stereocenters. The zero-order valence-electron chi connectivity index (χ0n) is 25.0. The van der Waals surface area contributed by atoms with E-state index in [0.29, 0.717) is 0 Å². The van der Waals surface area contributed by atoms with Gasteiger partial charge in [-0.15, -0.1) is 0 Å². The summed E-state index contributed by atoms with van der Waals surface area (Å²) < 4.78 is 0. The summed E-state index contributed by atoms with van der Waals surface area (Å²) in [5.74, 6) is 0. The van der Waals surface area contributed by atoms with Crippen molar-refractivity contribution in [1.82, 2.24) is 0 Å². The summed E-state index contributed by atoms with van der Waals surface area (Å²) in [6, 6.07) is 54.4. The van der Waals surface area contributed by atoms with Crippen molar-refractivity contribution >= 4 is 77.5 Å². The zero-order valence-corrected chi connectivity index (χ0v) is 25.0. The van der Waals surface area contributed by atoms with Gasteiger partial charge in [0.05, 0.1) is 0 Å². The van der Waals surface area contributed by atoms with Crippen LogP contribution in [0, 0.1) is 0 Å². The van der Waals surface area contributed by atoms with E-state index in [-0.39, 0.29) is 0 Å². The Balaban J connectivity index is 1.39. The highest BCUT2D eigenvalue weighted by atomic mass is 14.4. The molecule has 0 heteroatoms. The lowest BCUT2D eigenvalue weighted by Crippen LogP contribution is -1.96. The zero-order chi connectivity index (χ0) is 29.9. The fourth-order valence-corrected chi connectivity index (χ4v) is 8.66. The molecule has 46 heavy (non-hydrogen) atoms. The summed E-state index contributed by atoms with van der Waals surface area (Å²) in [5.41, 5.74) is 16.0. The molecule has 8 aromatic rings. The maximum Gasteiger partial charge on any atom is -0.000695 e. The van der Waals surface area contributed by atoms with Gasteiger partial charge in [-0.25, -0.2) is 0 Å². The average Bonchev–Trinajstić information content (AvgIpc) is 3.79. The molecule has 0 saturated heterocycles. The van der Waals surface area contributed by atoms with E-state index in [4.69, 9.17) is 0 Å². The standard InChI is InChI=1S/C46H26/c1-4-14-32-27(9-1)12-7-17-35(32)43-41-33-15-5-2-10-28(33)21-25-38(41)46-44(37-24-23-31-20-19-30-13-8-18-36(37)40(30)31)42-34-16-6-3-11-29(34)22-26-39(42)45(43)46/h1-26H. The highest BCUT2D eigenvalue weighted by molar-refractivity contribution is 6.40. The lowest BCUT2D eigenvalue weighted by atomic mass is 9.85. The lowest BCUT2D eigenvalue weighted by molar-refractivity contribution is 1.58. The van der Waals surface area contributed by atoms with E-state index < -0.39 is 0 Å². The first-order valence-electron chi connectivity index (χ1n) is 16.1. The number of hydrogen-bond donors (Lipinski definition) is 0. The van der Waals surface area contributed by atoms with Crippen molar-refractivity contribution in [3.8, 4) is 0 Å². The van der Waals surface area contributed by atoms with Crippen LogP contribution in [0.5, 0.6) is 0 Å². The van der Waals surface area contributed by atoms with Crippen LogP contribution < -0.4 is 0 Å². The minimum atomic E-state index is 1.27. The second-order valence-electron chi connectivity index (χ2n) is 12.8. The summed E-state index contributed by atoms with van der Waals surface area (Å²) in [6.45, 7) is 0. The molecule has 8 aromatic carbocycles. The van der Waals surface area contributed by atoms with E-state index in [9.17, 15) is 0 Å². The summed E-state index contributed by atoms with van der Waals surface area (Å²) >= 11 is 0. The second kappa shape index (κ2) is 8.81. The van der Waals surface area contributed by atoms with Gasteiger partial charge in [0, 0.05) is 0 Å². The maximum absolute atomic E-state index is 2.39. The normalized spacial score (nSPS) is 14.3. The molecule has 11 rings (SSSR count). The van der Waals surface area contributed by atoms with Crippen LogP contribution in [0.15, 0.2) is 146 Å². The molecule has 0 aliphatic heterocycles. The van der Waals surface area contributed by atoms with Gasteiger partial charge in [0.1, 0.15) is 0 Å². The summed E-state index contributed by atoms with van der Waals surface area (Å²) in [4.78, 5) is 0. The van der Waals surface area contributed by atoms with Crippen molar-refractivity contribution in [2.75, 3.05) is 0 Å². The molecular formula is C46H26. The van der Waals surface area contributed by atoms with Crippen LogP contribution >= 0.6 is 0 Å². The van der Waals surface area contributed by atoms with E-state index in [2.05, 4.69) is 158 Å². The highest BCUT2D eigenvalue weighted by Crippen LogP contribution is 2.61. The highest BCUT2D eigenvalue weighted by Gasteiger charge is 2.40. The van der Waals surface area contributed by atoms with Gasteiger partial charge in [-0.3, -0.25) is 0 Å². The van der Waals surface area contributed by atoms with Gasteiger partial charge in [-0.2, -0.15) is 0 Å². The fourth-order valence-electron chi connectivity index (χ4n) is 8.66. The molecule has 0 aromatic heterocycles. The van der Waals surface area contributed by atoms with Crippen LogP contribution in [0.4, 0.5) is 0 Å². The molecular weight excluding hydrogens is 553 g/mol. The van der Waals surface area contributed by atoms with E-state index in [1.165, 1.54) is 110 Å². The van der Waals surface area contributed by atoms with Crippen LogP contribution in [-0.4, -0.2) is 0 Å². The maximum atomic E-state index is 2.39. The van der Waals surface area contributed by atoms with Gasteiger partial charge < -0.3 is 0 Å². The Bertz CT molecular complexity index is 2760. The Morgan fingerprint density at radius 2 is 0.717 bits per heavy atom. The van der Waals surface area contributed by atoms with Crippen LogP contribution in [0.3, 0.4) is 0 Å². The Kier molecular flexibility index (Phi) is 4.66. The van der Waals surface area contributed by atoms with Gasteiger partial charge in [-0.1, -0.05) is 158 Å². The summed E-state index contributed by atoms with van der Waals surface area (Å²) in [5, 5.41) is 10.4. The number of hydrogen-bond acceptors (Lipinski definition) is 0. The molecule has 0 amide bonds. The Morgan fingerprint density at radius 3 is 1.37 bits per heavy atom. The van der Waals surface area contributed by atoms with E-state index in [1.54, 1.807) is 0 Å². The SMILES string of the molecule is C1=Cc2ccc(C3=C4C(=C(c5cccc6ccccc56)c5c4ccc4ccccc54)c4ccc5ccccc5c43)c3cccc1c23. The smallest absolute Gasteiger partial charge is 0.000695 e. The van der Waals surface area contributed by atoms with Crippen LogP contribution in [0.2, 0.25) is 0 Å². The predicted molar refractivity (Wildman–Crippen MR) is 197 cm³/mol. The van der Waals surface area contributed by atoms with E-state index >= 15 is 0 Å². The van der Waals surface area contributed by atoms with Crippen molar-refractivity contribution in [3.63, 3.8) is 0 Å². The molecule has 3 aliphatic rings. The monoisotopic (exact) mass is 578 g/mol. The minimum Gasteiger partial charge on any atom is -0.0616 e. The van der Waals surface area contributed by atoms with Crippen molar-refractivity contribution < 1.29 is 0 Å². The molecule has 0 fully saturated rings. The molecule has 0 radical (unpaired) electrons. The van der Waals surface area contributed by atoms with Crippen LogP contribution in [0.1, 0.15) is 44.5 Å². The van der Waals surface area contributed by atoms with Crippen LogP contribution in [0.25, 0.3) is 77.5 Å². The molecule has 3 aliphatic carbocycles. The molecule has 210 valence electrons. The second-order valence-corrected chi connectivity index (χ2v) is 12.8. The quantitative estimate of drug-likeness (QED) is 0.191. The first-order valence-corrected chi connectivity index (χ1v) is 16.1. The van der Waals surface area contributed by atoms with Gasteiger partial charge in [0.2, 0.25) is 0 Å². The van der Waals surface area contributed by atoms with Crippen molar-refractivity contribution in [3.05, 3.63) is 190 Å². The van der Waals surface area contributed by atoms with Gasteiger partial charge in [0.25, 0.3) is 0 Å². The third-order valence-corrected chi connectivity index (χ3v) is 10.5. The topological polar surface area (TPSA) is 0 Å². The summed E-state index contributed by atoms with van der Waals surface area (Å²) in [7, 11) is 0. The Morgan fingerprint density at radius 1 is 0.261 bits per heavy atom. The van der Waals surface area contributed by atoms with Crippen LogP contribution in [-0.2, 0) is 0 Å². The molecule has 0 saturated carbocycles. The molecule has 0 N–H and O–H groups in total.